The second-order valence-electron chi connectivity index (χ2n) is 8.84. The summed E-state index contributed by atoms with van der Waals surface area (Å²) in [5, 5.41) is 1.06. The van der Waals surface area contributed by atoms with Crippen LogP contribution in [0.5, 0.6) is 0 Å². The Morgan fingerprint density at radius 1 is 1.09 bits per heavy atom. The molecule has 1 aromatic carbocycles. The van der Waals surface area contributed by atoms with Gasteiger partial charge in [-0.1, -0.05) is 12.1 Å². The van der Waals surface area contributed by atoms with Gasteiger partial charge in [-0.05, 0) is 19.1 Å². The van der Waals surface area contributed by atoms with Crippen molar-refractivity contribution in [3.63, 3.8) is 0 Å². The fourth-order valence-electron chi connectivity index (χ4n) is 4.72. The molecule has 8 nitrogen and oxygen atoms in total. The van der Waals surface area contributed by atoms with E-state index in [2.05, 4.69) is 21.8 Å². The molecule has 0 spiro atoms. The maximum Gasteiger partial charge on any atom is 0.251 e. The summed E-state index contributed by atoms with van der Waals surface area (Å²) in [5.74, 6) is -0.738. The summed E-state index contributed by atoms with van der Waals surface area (Å²) < 4.78 is 33.1. The Balaban J connectivity index is 1.49. The minimum Gasteiger partial charge on any atom is -0.377 e. The van der Waals surface area contributed by atoms with Crippen LogP contribution < -0.4 is 9.80 Å². The van der Waals surface area contributed by atoms with Crippen molar-refractivity contribution in [1.29, 1.82) is 0 Å². The molecule has 2 aliphatic heterocycles. The topological polar surface area (TPSA) is 86.0 Å². The molecule has 10 heteroatoms. The molecule has 2 N–H and O–H groups in total. The van der Waals surface area contributed by atoms with E-state index in [1.807, 2.05) is 35.4 Å². The van der Waals surface area contributed by atoms with Crippen molar-refractivity contribution >= 4 is 33.8 Å². The lowest BCUT2D eigenvalue weighted by Gasteiger charge is -2.35. The molecule has 1 atom stereocenters. The van der Waals surface area contributed by atoms with Crippen molar-refractivity contribution in [2.24, 2.45) is 0 Å². The van der Waals surface area contributed by atoms with Crippen molar-refractivity contribution in [2.45, 2.75) is 31.7 Å². The Morgan fingerprint density at radius 3 is 2.76 bits per heavy atom. The number of nitrogens with zero attached hydrogens (tertiary/aromatic N) is 5. The van der Waals surface area contributed by atoms with E-state index in [-0.39, 0.29) is 32.0 Å². The fraction of sp³-hybridized carbons (Fsp3) is 0.435. The van der Waals surface area contributed by atoms with Crippen molar-refractivity contribution in [1.82, 2.24) is 24.9 Å². The van der Waals surface area contributed by atoms with Crippen molar-refractivity contribution in [3.05, 3.63) is 30.5 Å². The van der Waals surface area contributed by atoms with Crippen LogP contribution in [0.4, 0.5) is 20.5 Å². The van der Waals surface area contributed by atoms with E-state index in [0.717, 1.165) is 27.8 Å². The van der Waals surface area contributed by atoms with Crippen LogP contribution in [0, 0.1) is 0 Å². The molecular weight excluding hydrogens is 428 g/mol. The van der Waals surface area contributed by atoms with E-state index < -0.39 is 5.92 Å². The Morgan fingerprint density at radius 2 is 1.94 bits per heavy atom. The lowest BCUT2D eigenvalue weighted by molar-refractivity contribution is -0.0222. The number of benzene rings is 1. The molecule has 0 radical (unpaired) electrons. The van der Waals surface area contributed by atoms with Crippen molar-refractivity contribution in [3.8, 4) is 11.4 Å². The number of nitrogens with one attached hydrogen (secondary N) is 2. The van der Waals surface area contributed by atoms with E-state index in [9.17, 15) is 8.78 Å². The molecule has 0 amide bonds. The predicted octanol–water partition coefficient (Wildman–Crippen LogP) is 3.96. The third-order valence-electron chi connectivity index (χ3n) is 6.59. The fourth-order valence-corrected chi connectivity index (χ4v) is 4.72. The van der Waals surface area contributed by atoms with E-state index >= 15 is 0 Å². The SMILES string of the molecule is CC1COCCN1c1nc(N2CCC(F)(F)CC2)nc2nc(-c3cccc4[nH]ccc34)[nH]c12. The first-order chi connectivity index (χ1) is 16.0. The number of hydrogen-bond acceptors (Lipinski definition) is 6. The average molecular weight is 453 g/mol. The summed E-state index contributed by atoms with van der Waals surface area (Å²) in [6.45, 7) is 4.41. The van der Waals surface area contributed by atoms with Gasteiger partial charge in [-0.2, -0.15) is 9.97 Å². The van der Waals surface area contributed by atoms with Gasteiger partial charge >= 0.3 is 0 Å². The number of H-pyrrole nitrogens is 2. The molecule has 4 aromatic rings. The number of anilines is 2. The monoisotopic (exact) mass is 453 g/mol. The summed E-state index contributed by atoms with van der Waals surface area (Å²) in [6, 6.07) is 8.17. The summed E-state index contributed by atoms with van der Waals surface area (Å²) in [6.07, 6.45) is 1.51. The molecule has 5 heterocycles. The maximum absolute atomic E-state index is 13.8. The third-order valence-corrected chi connectivity index (χ3v) is 6.59. The number of ether oxygens (including phenoxy) is 1. The number of alkyl halides is 2. The minimum atomic E-state index is -2.63. The van der Waals surface area contributed by atoms with Gasteiger partial charge in [0.05, 0.1) is 19.3 Å². The lowest BCUT2D eigenvalue weighted by atomic mass is 10.1. The summed E-state index contributed by atoms with van der Waals surface area (Å²) in [7, 11) is 0. The standard InChI is InChI=1S/C23H25F2N7O/c1-14-13-33-12-11-32(14)21-18-20(29-22(30-21)31-9-6-23(24,25)7-10-31)28-19(27-18)16-3-2-4-17-15(16)5-8-26-17/h2-5,8,14,26H,6-7,9-13H2,1H3,(H,27,28,29,30). The van der Waals surface area contributed by atoms with Gasteiger partial charge in [0.25, 0.3) is 5.92 Å². The smallest absolute Gasteiger partial charge is 0.251 e. The van der Waals surface area contributed by atoms with Gasteiger partial charge < -0.3 is 24.5 Å². The molecule has 3 aromatic heterocycles. The molecule has 6 rings (SSSR count). The molecular formula is C23H25F2N7O. The van der Waals surface area contributed by atoms with Gasteiger partial charge in [-0.3, -0.25) is 0 Å². The molecule has 0 bridgehead atoms. The highest BCUT2D eigenvalue weighted by Gasteiger charge is 2.35. The van der Waals surface area contributed by atoms with Gasteiger partial charge in [0.15, 0.2) is 11.5 Å². The van der Waals surface area contributed by atoms with Gasteiger partial charge in [-0.15, -0.1) is 0 Å². The molecule has 0 aliphatic carbocycles. The number of rotatable bonds is 3. The Labute approximate surface area is 189 Å². The molecule has 2 saturated heterocycles. The molecule has 2 fully saturated rings. The number of aromatic nitrogens is 5. The Hall–Kier alpha value is -3.27. The van der Waals surface area contributed by atoms with E-state index in [0.29, 0.717) is 37.2 Å². The minimum absolute atomic E-state index is 0.121. The number of morpholine rings is 1. The van der Waals surface area contributed by atoms with Crippen LogP contribution in [-0.2, 0) is 4.74 Å². The predicted molar refractivity (Wildman–Crippen MR) is 123 cm³/mol. The van der Waals surface area contributed by atoms with Crippen LogP contribution in [0.25, 0.3) is 33.5 Å². The highest BCUT2D eigenvalue weighted by Crippen LogP contribution is 2.34. The van der Waals surface area contributed by atoms with Gasteiger partial charge in [0, 0.05) is 55.1 Å². The van der Waals surface area contributed by atoms with E-state index in [4.69, 9.17) is 19.7 Å². The number of aromatic amines is 2. The number of halogens is 2. The number of piperidine rings is 1. The van der Waals surface area contributed by atoms with Crippen molar-refractivity contribution in [2.75, 3.05) is 42.6 Å². The van der Waals surface area contributed by atoms with Crippen LogP contribution in [0.15, 0.2) is 30.5 Å². The summed E-state index contributed by atoms with van der Waals surface area (Å²) in [5.41, 5.74) is 3.27. The molecule has 33 heavy (non-hydrogen) atoms. The largest absolute Gasteiger partial charge is 0.377 e. The van der Waals surface area contributed by atoms with Crippen LogP contribution in [0.2, 0.25) is 0 Å². The normalized spacial score (nSPS) is 21.2. The number of imidazole rings is 1. The van der Waals surface area contributed by atoms with Gasteiger partial charge in [0.1, 0.15) is 11.3 Å². The zero-order valence-corrected chi connectivity index (χ0v) is 18.3. The van der Waals surface area contributed by atoms with Crippen molar-refractivity contribution < 1.29 is 13.5 Å². The summed E-state index contributed by atoms with van der Waals surface area (Å²) in [4.78, 5) is 25.1. The number of fused-ring (bicyclic) bond motifs is 2. The van der Waals surface area contributed by atoms with Crippen LogP contribution >= 0.6 is 0 Å². The average Bonchev–Trinajstić information content (AvgIpc) is 3.46. The van der Waals surface area contributed by atoms with E-state index in [1.165, 1.54) is 0 Å². The van der Waals surface area contributed by atoms with Crippen LogP contribution in [0.3, 0.4) is 0 Å². The van der Waals surface area contributed by atoms with Crippen LogP contribution in [0.1, 0.15) is 19.8 Å². The second kappa shape index (κ2) is 7.65. The molecule has 1 unspecified atom stereocenters. The van der Waals surface area contributed by atoms with Gasteiger partial charge in [0.2, 0.25) is 5.95 Å². The molecule has 2 aliphatic rings. The van der Waals surface area contributed by atoms with E-state index in [1.54, 1.807) is 0 Å². The molecule has 172 valence electrons. The highest BCUT2D eigenvalue weighted by molar-refractivity contribution is 5.96. The Bertz CT molecular complexity index is 1310. The Kier molecular flexibility index (Phi) is 4.72. The van der Waals surface area contributed by atoms with Crippen LogP contribution in [-0.4, -0.2) is 69.7 Å². The zero-order valence-electron chi connectivity index (χ0n) is 18.3. The van der Waals surface area contributed by atoms with Gasteiger partial charge in [-0.25, -0.2) is 13.8 Å². The first kappa shape index (κ1) is 20.3. The summed E-state index contributed by atoms with van der Waals surface area (Å²) >= 11 is 0. The first-order valence-electron chi connectivity index (χ1n) is 11.3. The third kappa shape index (κ3) is 3.58. The molecule has 0 saturated carbocycles. The number of hydrogen-bond donors (Lipinski definition) is 2. The second-order valence-corrected chi connectivity index (χ2v) is 8.84. The maximum atomic E-state index is 13.8. The highest BCUT2D eigenvalue weighted by atomic mass is 19.3. The quantitative estimate of drug-likeness (QED) is 0.488. The zero-order chi connectivity index (χ0) is 22.6. The first-order valence-corrected chi connectivity index (χ1v) is 11.3. The lowest BCUT2D eigenvalue weighted by Crippen LogP contribution is -2.45.